The van der Waals surface area contributed by atoms with Gasteiger partial charge < -0.3 is 9.88 Å². The van der Waals surface area contributed by atoms with Gasteiger partial charge in [-0.3, -0.25) is 9.48 Å². The summed E-state index contributed by atoms with van der Waals surface area (Å²) in [6.07, 6.45) is 2.79. The quantitative estimate of drug-likeness (QED) is 0.447. The lowest BCUT2D eigenvalue weighted by Gasteiger charge is -2.36. The van der Waals surface area contributed by atoms with Crippen LogP contribution in [-0.4, -0.2) is 32.1 Å². The first-order valence-electron chi connectivity index (χ1n) is 11.0. The normalized spacial score (nSPS) is 15.9. The minimum atomic E-state index is -0.136. The molecule has 1 N–H and O–H groups in total. The Bertz CT molecular complexity index is 1430. The van der Waals surface area contributed by atoms with E-state index in [4.69, 9.17) is 0 Å². The SMILES string of the molecule is Cc1cccc(C2c3[nH]c4ccccc4c3CCN2C(=O)Cn2cc3ccccc3n2)c1. The third kappa shape index (κ3) is 3.09. The van der Waals surface area contributed by atoms with Gasteiger partial charge in [-0.15, -0.1) is 0 Å². The van der Waals surface area contributed by atoms with Crippen LogP contribution in [0.15, 0.2) is 79.0 Å². The van der Waals surface area contributed by atoms with E-state index in [-0.39, 0.29) is 18.5 Å². The highest BCUT2D eigenvalue weighted by Crippen LogP contribution is 2.38. The van der Waals surface area contributed by atoms with Crippen molar-refractivity contribution >= 4 is 27.7 Å². The second-order valence-electron chi connectivity index (χ2n) is 8.60. The Labute approximate surface area is 186 Å². The first-order chi connectivity index (χ1) is 15.7. The number of hydrogen-bond donors (Lipinski definition) is 1. The number of benzene rings is 3. The Kier molecular flexibility index (Phi) is 4.35. The number of rotatable bonds is 3. The molecule has 5 heteroatoms. The van der Waals surface area contributed by atoms with Crippen molar-refractivity contribution in [1.29, 1.82) is 0 Å². The Balaban J connectivity index is 1.42. The maximum atomic E-state index is 13.6. The fraction of sp³-hybridized carbons (Fsp3) is 0.185. The summed E-state index contributed by atoms with van der Waals surface area (Å²) in [4.78, 5) is 19.2. The van der Waals surface area contributed by atoms with Gasteiger partial charge in [0.2, 0.25) is 5.91 Å². The number of fused-ring (bicyclic) bond motifs is 4. The molecule has 1 aliphatic heterocycles. The van der Waals surface area contributed by atoms with Gasteiger partial charge in [-0.1, -0.05) is 66.2 Å². The Morgan fingerprint density at radius 1 is 1.06 bits per heavy atom. The second kappa shape index (κ2) is 7.38. The molecular formula is C27H24N4O. The molecule has 0 aliphatic carbocycles. The van der Waals surface area contributed by atoms with Crippen LogP contribution in [0.2, 0.25) is 0 Å². The first-order valence-corrected chi connectivity index (χ1v) is 11.0. The maximum Gasteiger partial charge on any atom is 0.245 e. The highest BCUT2D eigenvalue weighted by atomic mass is 16.2. The number of aryl methyl sites for hydroxylation is 1. The third-order valence-electron chi connectivity index (χ3n) is 6.47. The van der Waals surface area contributed by atoms with E-state index in [1.54, 1.807) is 4.68 Å². The molecule has 3 heterocycles. The van der Waals surface area contributed by atoms with Crippen LogP contribution in [0.3, 0.4) is 0 Å². The van der Waals surface area contributed by atoms with E-state index < -0.39 is 0 Å². The summed E-state index contributed by atoms with van der Waals surface area (Å²) in [5, 5.41) is 6.90. The molecule has 0 fully saturated rings. The highest BCUT2D eigenvalue weighted by molar-refractivity contribution is 5.87. The summed E-state index contributed by atoms with van der Waals surface area (Å²) < 4.78 is 1.76. The van der Waals surface area contributed by atoms with Crippen molar-refractivity contribution in [3.63, 3.8) is 0 Å². The van der Waals surface area contributed by atoms with E-state index in [0.29, 0.717) is 6.54 Å². The van der Waals surface area contributed by atoms with Crippen LogP contribution in [0.4, 0.5) is 0 Å². The molecule has 158 valence electrons. The molecule has 1 atom stereocenters. The zero-order chi connectivity index (χ0) is 21.7. The van der Waals surface area contributed by atoms with Gasteiger partial charge in [0.1, 0.15) is 6.54 Å². The highest BCUT2D eigenvalue weighted by Gasteiger charge is 2.34. The molecule has 6 rings (SSSR count). The van der Waals surface area contributed by atoms with Crippen LogP contribution in [-0.2, 0) is 17.8 Å². The van der Waals surface area contributed by atoms with Crippen molar-refractivity contribution < 1.29 is 4.79 Å². The molecule has 1 aliphatic rings. The fourth-order valence-corrected chi connectivity index (χ4v) is 5.02. The zero-order valence-corrected chi connectivity index (χ0v) is 18.0. The summed E-state index contributed by atoms with van der Waals surface area (Å²) in [5.74, 6) is 0.0774. The van der Waals surface area contributed by atoms with Gasteiger partial charge in [-0.2, -0.15) is 5.10 Å². The molecule has 5 aromatic rings. The fourth-order valence-electron chi connectivity index (χ4n) is 5.02. The predicted octanol–water partition coefficient (Wildman–Crippen LogP) is 5.00. The maximum absolute atomic E-state index is 13.6. The van der Waals surface area contributed by atoms with Gasteiger partial charge in [-0.05, 0) is 36.6 Å². The van der Waals surface area contributed by atoms with Crippen LogP contribution >= 0.6 is 0 Å². The van der Waals surface area contributed by atoms with Gasteiger partial charge >= 0.3 is 0 Å². The number of nitrogens with one attached hydrogen (secondary N) is 1. The molecule has 3 aromatic carbocycles. The Hall–Kier alpha value is -3.86. The second-order valence-corrected chi connectivity index (χ2v) is 8.60. The molecule has 32 heavy (non-hydrogen) atoms. The minimum absolute atomic E-state index is 0.0774. The Morgan fingerprint density at radius 3 is 2.78 bits per heavy atom. The van der Waals surface area contributed by atoms with E-state index in [1.807, 2.05) is 35.4 Å². The van der Waals surface area contributed by atoms with E-state index in [1.165, 1.54) is 16.5 Å². The van der Waals surface area contributed by atoms with Gasteiger partial charge in [0, 0.05) is 34.7 Å². The van der Waals surface area contributed by atoms with Crippen molar-refractivity contribution in [2.75, 3.05) is 6.54 Å². The van der Waals surface area contributed by atoms with Crippen LogP contribution in [0.5, 0.6) is 0 Å². The van der Waals surface area contributed by atoms with Crippen molar-refractivity contribution in [3.05, 3.63) is 101 Å². The molecule has 1 amide bonds. The molecule has 2 aromatic heterocycles. The van der Waals surface area contributed by atoms with Gasteiger partial charge in [0.05, 0.1) is 11.6 Å². The lowest BCUT2D eigenvalue weighted by Crippen LogP contribution is -2.42. The van der Waals surface area contributed by atoms with Crippen LogP contribution in [0.25, 0.3) is 21.8 Å². The molecule has 0 saturated heterocycles. The number of carbonyl (C=O) groups is 1. The van der Waals surface area contributed by atoms with Crippen molar-refractivity contribution in [2.45, 2.75) is 25.9 Å². The smallest absolute Gasteiger partial charge is 0.245 e. The van der Waals surface area contributed by atoms with Gasteiger partial charge in [0.25, 0.3) is 0 Å². The average molecular weight is 421 g/mol. The molecule has 0 spiro atoms. The van der Waals surface area contributed by atoms with Crippen LogP contribution < -0.4 is 0 Å². The summed E-state index contributed by atoms with van der Waals surface area (Å²) in [7, 11) is 0. The predicted molar refractivity (Wildman–Crippen MR) is 126 cm³/mol. The van der Waals surface area contributed by atoms with E-state index in [0.717, 1.165) is 34.1 Å². The summed E-state index contributed by atoms with van der Waals surface area (Å²) in [6.45, 7) is 3.01. The first kappa shape index (κ1) is 18.9. The summed E-state index contributed by atoms with van der Waals surface area (Å²) >= 11 is 0. The molecule has 0 radical (unpaired) electrons. The number of hydrogen-bond acceptors (Lipinski definition) is 2. The van der Waals surface area contributed by atoms with Crippen LogP contribution in [0, 0.1) is 6.92 Å². The molecule has 0 saturated carbocycles. The third-order valence-corrected chi connectivity index (χ3v) is 6.47. The number of carbonyl (C=O) groups excluding carboxylic acids is 1. The summed E-state index contributed by atoms with van der Waals surface area (Å²) in [6, 6.07) is 24.7. The number of para-hydroxylation sites is 1. The standard InChI is InChI=1S/C27H24N4O/c1-18-7-6-9-19(15-18)27-26-22(21-10-3-5-12-24(21)28-26)13-14-31(27)25(32)17-30-16-20-8-2-4-11-23(20)29-30/h2-12,15-16,27-28H,13-14,17H2,1H3. The number of amides is 1. The van der Waals surface area contributed by atoms with Crippen molar-refractivity contribution in [2.24, 2.45) is 0 Å². The summed E-state index contributed by atoms with van der Waals surface area (Å²) in [5.41, 5.74) is 6.81. The van der Waals surface area contributed by atoms with E-state index >= 15 is 0 Å². The van der Waals surface area contributed by atoms with Crippen molar-refractivity contribution in [1.82, 2.24) is 19.7 Å². The van der Waals surface area contributed by atoms with E-state index in [2.05, 4.69) is 65.5 Å². The minimum Gasteiger partial charge on any atom is -0.356 e. The average Bonchev–Trinajstić information content (AvgIpc) is 3.38. The number of aromatic nitrogens is 3. The topological polar surface area (TPSA) is 53.9 Å². The monoisotopic (exact) mass is 420 g/mol. The molecule has 0 bridgehead atoms. The van der Waals surface area contributed by atoms with E-state index in [9.17, 15) is 4.79 Å². The Morgan fingerprint density at radius 2 is 1.91 bits per heavy atom. The van der Waals surface area contributed by atoms with Crippen molar-refractivity contribution in [3.8, 4) is 0 Å². The van der Waals surface area contributed by atoms with Gasteiger partial charge in [-0.25, -0.2) is 0 Å². The number of H-pyrrole nitrogens is 1. The van der Waals surface area contributed by atoms with Gasteiger partial charge in [0.15, 0.2) is 0 Å². The zero-order valence-electron chi connectivity index (χ0n) is 18.0. The number of nitrogens with zero attached hydrogens (tertiary/aromatic N) is 3. The lowest BCUT2D eigenvalue weighted by atomic mass is 9.91. The molecule has 5 nitrogen and oxygen atoms in total. The largest absolute Gasteiger partial charge is 0.356 e. The molecular weight excluding hydrogens is 396 g/mol. The lowest BCUT2D eigenvalue weighted by molar-refractivity contribution is -0.134. The molecule has 1 unspecified atom stereocenters. The number of aromatic amines is 1. The van der Waals surface area contributed by atoms with Crippen LogP contribution in [0.1, 0.15) is 28.4 Å².